The van der Waals surface area contributed by atoms with Gasteiger partial charge in [0.25, 0.3) is 0 Å². The Kier molecular flexibility index (Phi) is 3.73. The van der Waals surface area contributed by atoms with Crippen LogP contribution in [0.3, 0.4) is 0 Å². The zero-order chi connectivity index (χ0) is 15.0. The van der Waals surface area contributed by atoms with Crippen LogP contribution in [0.2, 0.25) is 0 Å². The van der Waals surface area contributed by atoms with Crippen molar-refractivity contribution in [3.63, 3.8) is 0 Å². The molecule has 1 N–H and O–H groups in total. The molecule has 2 aromatic heterocycles. The van der Waals surface area contributed by atoms with Gasteiger partial charge in [-0.2, -0.15) is 0 Å². The van der Waals surface area contributed by atoms with Crippen molar-refractivity contribution in [1.82, 2.24) is 4.57 Å². The predicted molar refractivity (Wildman–Crippen MR) is 81.2 cm³/mol. The van der Waals surface area contributed by atoms with Gasteiger partial charge >= 0.3 is 5.76 Å². The Morgan fingerprint density at radius 3 is 2.86 bits per heavy atom. The molecule has 6 heteroatoms. The topological polar surface area (TPSA) is 68.5 Å². The van der Waals surface area contributed by atoms with Gasteiger partial charge in [-0.25, -0.2) is 4.79 Å². The summed E-state index contributed by atoms with van der Waals surface area (Å²) in [7, 11) is 0. The summed E-state index contributed by atoms with van der Waals surface area (Å²) in [6, 6.07) is 6.96. The molecule has 110 valence electrons. The Bertz CT molecular complexity index is 830. The monoisotopic (exact) mass is 351 g/mol. The summed E-state index contributed by atoms with van der Waals surface area (Å²) in [4.78, 5) is 11.8. The molecule has 3 rings (SSSR count). The highest BCUT2D eigenvalue weighted by Crippen LogP contribution is 2.30. The third kappa shape index (κ3) is 2.45. The smallest absolute Gasteiger partial charge is 0.419 e. The number of fused-ring (bicyclic) bond motifs is 1. The molecule has 0 saturated heterocycles. The molecular formula is C15H14BrNO4. The minimum absolute atomic E-state index is 0.372. The van der Waals surface area contributed by atoms with Gasteiger partial charge in [-0.1, -0.05) is 13.0 Å². The second kappa shape index (κ2) is 5.54. The van der Waals surface area contributed by atoms with Gasteiger partial charge < -0.3 is 13.9 Å². The Morgan fingerprint density at radius 2 is 2.19 bits per heavy atom. The maximum absolute atomic E-state index is 11.8. The highest BCUT2D eigenvalue weighted by Gasteiger charge is 2.18. The van der Waals surface area contributed by atoms with Crippen molar-refractivity contribution in [1.29, 1.82) is 0 Å². The van der Waals surface area contributed by atoms with Crippen LogP contribution in [0.5, 0.6) is 0 Å². The van der Waals surface area contributed by atoms with Crippen LogP contribution in [0.4, 0.5) is 0 Å². The van der Waals surface area contributed by atoms with Gasteiger partial charge in [-0.15, -0.1) is 0 Å². The molecule has 0 radical (unpaired) electrons. The molecule has 21 heavy (non-hydrogen) atoms. The molecule has 0 saturated carbocycles. The van der Waals surface area contributed by atoms with Crippen molar-refractivity contribution in [3.05, 3.63) is 56.9 Å². The number of rotatable bonds is 4. The van der Waals surface area contributed by atoms with E-state index in [1.807, 2.05) is 6.92 Å². The van der Waals surface area contributed by atoms with Gasteiger partial charge in [0.1, 0.15) is 6.10 Å². The molecule has 0 aliphatic heterocycles. The van der Waals surface area contributed by atoms with Crippen LogP contribution >= 0.6 is 15.9 Å². The van der Waals surface area contributed by atoms with Gasteiger partial charge in [0, 0.05) is 12.1 Å². The van der Waals surface area contributed by atoms with E-state index in [-0.39, 0.29) is 5.76 Å². The molecule has 3 aromatic rings. The number of oxazole rings is 1. The minimum atomic E-state index is -0.845. The highest BCUT2D eigenvalue weighted by atomic mass is 79.9. The minimum Gasteiger partial charge on any atom is -0.457 e. The van der Waals surface area contributed by atoms with E-state index in [2.05, 4.69) is 15.9 Å². The van der Waals surface area contributed by atoms with Gasteiger partial charge in [-0.05, 0) is 46.1 Å². The Hall–Kier alpha value is -1.79. The lowest BCUT2D eigenvalue weighted by molar-refractivity contribution is 0.218. The van der Waals surface area contributed by atoms with Crippen molar-refractivity contribution < 1.29 is 13.9 Å². The van der Waals surface area contributed by atoms with Crippen LogP contribution < -0.4 is 5.76 Å². The number of nitrogens with zero attached hydrogens (tertiary/aromatic N) is 1. The Balaban J connectivity index is 2.06. The number of hydrogen-bond acceptors (Lipinski definition) is 4. The number of aromatic nitrogens is 1. The third-order valence-corrected chi connectivity index (χ3v) is 4.04. The van der Waals surface area contributed by atoms with Crippen LogP contribution in [0.1, 0.15) is 30.6 Å². The normalized spacial score (nSPS) is 12.9. The zero-order valence-corrected chi connectivity index (χ0v) is 13.0. The summed E-state index contributed by atoms with van der Waals surface area (Å²) in [5.41, 5.74) is 2.49. The third-order valence-electron chi connectivity index (χ3n) is 3.40. The van der Waals surface area contributed by atoms with Gasteiger partial charge in [0.2, 0.25) is 0 Å². The number of hydrogen-bond donors (Lipinski definition) is 1. The Morgan fingerprint density at radius 1 is 1.38 bits per heavy atom. The van der Waals surface area contributed by atoms with E-state index in [0.29, 0.717) is 27.9 Å². The summed E-state index contributed by atoms with van der Waals surface area (Å²) in [6.45, 7) is 2.61. The van der Waals surface area contributed by atoms with Gasteiger partial charge in [-0.3, -0.25) is 4.57 Å². The molecule has 5 nitrogen and oxygen atoms in total. The molecule has 0 bridgehead atoms. The maximum atomic E-state index is 11.8. The van der Waals surface area contributed by atoms with E-state index in [4.69, 9.17) is 8.83 Å². The van der Waals surface area contributed by atoms with Gasteiger partial charge in [0.15, 0.2) is 10.3 Å². The fourth-order valence-corrected chi connectivity index (χ4v) is 2.82. The fourth-order valence-electron chi connectivity index (χ4n) is 2.37. The summed E-state index contributed by atoms with van der Waals surface area (Å²) in [6.07, 6.45) is 1.50. The molecule has 0 aliphatic rings. The number of aliphatic hydroxyl groups is 1. The zero-order valence-electron chi connectivity index (χ0n) is 11.4. The van der Waals surface area contributed by atoms with Crippen LogP contribution in [-0.2, 0) is 6.54 Å². The first-order chi connectivity index (χ1) is 10.1. The molecule has 0 amide bonds. The average Bonchev–Trinajstić information content (AvgIpc) is 3.02. The Labute approximate surface area is 128 Å². The molecule has 0 aliphatic carbocycles. The van der Waals surface area contributed by atoms with E-state index >= 15 is 0 Å². The number of aryl methyl sites for hydroxylation is 1. The summed E-state index contributed by atoms with van der Waals surface area (Å²) in [5.74, 6) is -0.372. The molecular weight excluding hydrogens is 338 g/mol. The van der Waals surface area contributed by atoms with Crippen LogP contribution in [0.25, 0.3) is 11.1 Å². The summed E-state index contributed by atoms with van der Waals surface area (Å²) >= 11 is 3.25. The standard InChI is InChI=1S/C15H14BrNO4/c1-2-6-17-11-4-3-9(8-12(11)21-15(17)19)13(18)10-5-7-20-14(10)16/h3-5,7-8,13,18H,2,6H2,1H3. The van der Waals surface area contributed by atoms with Crippen molar-refractivity contribution in [2.24, 2.45) is 0 Å². The van der Waals surface area contributed by atoms with Crippen molar-refractivity contribution in [3.8, 4) is 0 Å². The maximum Gasteiger partial charge on any atom is 0.419 e. The quantitative estimate of drug-likeness (QED) is 0.781. The van der Waals surface area contributed by atoms with Crippen molar-refractivity contribution in [2.45, 2.75) is 26.0 Å². The number of furan rings is 1. The SMILES string of the molecule is CCCn1c(=O)oc2cc(C(O)c3ccoc3Br)ccc21. The predicted octanol–water partition coefficient (Wildman–Crippen LogP) is 3.44. The summed E-state index contributed by atoms with van der Waals surface area (Å²) in [5, 5.41) is 10.4. The second-order valence-corrected chi connectivity index (χ2v) is 5.52. The van der Waals surface area contributed by atoms with E-state index in [0.717, 1.165) is 11.9 Å². The van der Waals surface area contributed by atoms with Gasteiger partial charge in [0.05, 0.1) is 11.8 Å². The van der Waals surface area contributed by atoms with Crippen molar-refractivity contribution in [2.75, 3.05) is 0 Å². The molecule has 0 spiro atoms. The lowest BCUT2D eigenvalue weighted by atomic mass is 10.0. The number of halogens is 1. The first-order valence-electron chi connectivity index (χ1n) is 6.66. The van der Waals surface area contributed by atoms with Crippen LogP contribution in [0.15, 0.2) is 48.8 Å². The highest BCUT2D eigenvalue weighted by molar-refractivity contribution is 9.10. The molecule has 1 atom stereocenters. The lowest BCUT2D eigenvalue weighted by Crippen LogP contribution is -2.13. The molecule has 0 fully saturated rings. The van der Waals surface area contributed by atoms with Crippen molar-refractivity contribution >= 4 is 27.0 Å². The number of aliphatic hydroxyl groups excluding tert-OH is 1. The molecule has 2 heterocycles. The average molecular weight is 352 g/mol. The van der Waals surface area contributed by atoms with E-state index in [1.54, 1.807) is 28.8 Å². The lowest BCUT2D eigenvalue weighted by Gasteiger charge is -2.09. The molecule has 1 unspecified atom stereocenters. The van der Waals surface area contributed by atoms with E-state index in [9.17, 15) is 9.90 Å². The van der Waals surface area contributed by atoms with E-state index in [1.165, 1.54) is 6.26 Å². The van der Waals surface area contributed by atoms with Crippen LogP contribution in [0, 0.1) is 0 Å². The largest absolute Gasteiger partial charge is 0.457 e. The first kappa shape index (κ1) is 14.2. The fraction of sp³-hybridized carbons (Fsp3) is 0.267. The summed E-state index contributed by atoms with van der Waals surface area (Å²) < 4.78 is 12.5. The number of benzene rings is 1. The second-order valence-electron chi connectivity index (χ2n) is 4.80. The first-order valence-corrected chi connectivity index (χ1v) is 7.45. The molecule has 1 aromatic carbocycles. The van der Waals surface area contributed by atoms with E-state index < -0.39 is 6.10 Å². The van der Waals surface area contributed by atoms with Crippen LogP contribution in [-0.4, -0.2) is 9.67 Å².